The first-order valence-corrected chi connectivity index (χ1v) is 12.2. The van der Waals surface area contributed by atoms with Gasteiger partial charge >= 0.3 is 0 Å². The van der Waals surface area contributed by atoms with Crippen molar-refractivity contribution in [2.45, 2.75) is 63.3 Å². The van der Waals surface area contributed by atoms with E-state index in [0.29, 0.717) is 36.2 Å². The second-order valence-electron chi connectivity index (χ2n) is 8.24. The van der Waals surface area contributed by atoms with E-state index in [9.17, 15) is 8.42 Å². The van der Waals surface area contributed by atoms with Crippen LogP contribution in [-0.4, -0.2) is 55.0 Å². The summed E-state index contributed by atoms with van der Waals surface area (Å²) in [5.41, 5.74) is 2.38. The number of sulfonamides is 1. The molecule has 2 heterocycles. The van der Waals surface area contributed by atoms with Gasteiger partial charge in [0.15, 0.2) is 5.76 Å². The molecule has 7 heteroatoms. The summed E-state index contributed by atoms with van der Waals surface area (Å²) < 4.78 is 34.0. The minimum absolute atomic E-state index is 0.401. The van der Waals surface area contributed by atoms with E-state index >= 15 is 0 Å². The third kappa shape index (κ3) is 4.27. The second kappa shape index (κ2) is 8.58. The summed E-state index contributed by atoms with van der Waals surface area (Å²) in [6.45, 7) is 6.63. The molecule has 2 fully saturated rings. The molecular formula is C22H31N3O3S. The van der Waals surface area contributed by atoms with Gasteiger partial charge in [-0.3, -0.25) is 4.90 Å². The number of hydrogen-bond acceptors (Lipinski definition) is 5. The molecule has 1 aromatic carbocycles. The van der Waals surface area contributed by atoms with Gasteiger partial charge in [0.05, 0.1) is 10.6 Å². The fraction of sp³-hybridized carbons (Fsp3) is 0.591. The lowest BCUT2D eigenvalue weighted by Gasteiger charge is -2.40. The summed E-state index contributed by atoms with van der Waals surface area (Å²) in [6, 6.07) is 8.04. The molecule has 0 N–H and O–H groups in total. The summed E-state index contributed by atoms with van der Waals surface area (Å²) in [5, 5.41) is 3.93. The van der Waals surface area contributed by atoms with Crippen LogP contribution in [0.1, 0.15) is 50.3 Å². The van der Waals surface area contributed by atoms with Crippen molar-refractivity contribution in [3.05, 3.63) is 35.5 Å². The van der Waals surface area contributed by atoms with Crippen molar-refractivity contribution in [3.8, 4) is 11.3 Å². The molecule has 0 spiro atoms. The van der Waals surface area contributed by atoms with Gasteiger partial charge in [0.2, 0.25) is 10.0 Å². The van der Waals surface area contributed by atoms with Crippen LogP contribution < -0.4 is 0 Å². The molecular weight excluding hydrogens is 386 g/mol. The number of nitrogens with zero attached hydrogens (tertiary/aromatic N) is 3. The highest BCUT2D eigenvalue weighted by atomic mass is 32.2. The normalized spacial score (nSPS) is 20.2. The molecule has 0 unspecified atom stereocenters. The Labute approximate surface area is 173 Å². The Kier molecular flexibility index (Phi) is 6.08. The zero-order valence-corrected chi connectivity index (χ0v) is 18.2. The van der Waals surface area contributed by atoms with Crippen molar-refractivity contribution in [2.24, 2.45) is 0 Å². The zero-order chi connectivity index (χ0) is 20.4. The van der Waals surface area contributed by atoms with Gasteiger partial charge in [0.1, 0.15) is 0 Å². The predicted octanol–water partition coefficient (Wildman–Crippen LogP) is 3.85. The van der Waals surface area contributed by atoms with Crippen LogP contribution in [0.3, 0.4) is 0 Å². The van der Waals surface area contributed by atoms with Crippen molar-refractivity contribution in [3.63, 3.8) is 0 Å². The fourth-order valence-corrected chi connectivity index (χ4v) is 6.38. The SMILES string of the molecule is CCc1ccc(-c2cc(C)no2)cc1S(=O)(=O)N1CCN(C2CCCCC2)CC1. The van der Waals surface area contributed by atoms with Gasteiger partial charge in [-0.25, -0.2) is 8.42 Å². The lowest BCUT2D eigenvalue weighted by Crippen LogP contribution is -2.52. The first-order valence-electron chi connectivity index (χ1n) is 10.8. The molecule has 4 rings (SSSR count). The molecule has 0 radical (unpaired) electrons. The maximum Gasteiger partial charge on any atom is 0.243 e. The van der Waals surface area contributed by atoms with E-state index in [0.717, 1.165) is 29.9 Å². The van der Waals surface area contributed by atoms with Gasteiger partial charge in [0, 0.05) is 43.9 Å². The summed E-state index contributed by atoms with van der Waals surface area (Å²) in [7, 11) is -3.54. The van der Waals surface area contributed by atoms with Crippen LogP contribution in [0.15, 0.2) is 33.7 Å². The number of benzene rings is 1. The molecule has 1 aliphatic carbocycles. The minimum atomic E-state index is -3.54. The Balaban J connectivity index is 1.55. The molecule has 1 aliphatic heterocycles. The number of aromatic nitrogens is 1. The highest BCUT2D eigenvalue weighted by molar-refractivity contribution is 7.89. The molecule has 2 aliphatic rings. The predicted molar refractivity (Wildman–Crippen MR) is 113 cm³/mol. The molecule has 1 saturated carbocycles. The highest BCUT2D eigenvalue weighted by Crippen LogP contribution is 2.30. The van der Waals surface area contributed by atoms with Crippen molar-refractivity contribution >= 4 is 10.0 Å². The summed E-state index contributed by atoms with van der Waals surface area (Å²) in [5.74, 6) is 0.601. The summed E-state index contributed by atoms with van der Waals surface area (Å²) in [6.07, 6.45) is 7.13. The number of hydrogen-bond donors (Lipinski definition) is 0. The molecule has 0 atom stereocenters. The van der Waals surface area contributed by atoms with E-state index in [1.165, 1.54) is 32.1 Å². The Hall–Kier alpha value is -1.70. The fourth-order valence-electron chi connectivity index (χ4n) is 4.63. The molecule has 158 valence electrons. The van der Waals surface area contributed by atoms with Gasteiger partial charge < -0.3 is 4.52 Å². The Bertz CT molecular complexity index is 940. The van der Waals surface area contributed by atoms with Crippen LogP contribution in [0.2, 0.25) is 0 Å². The van der Waals surface area contributed by atoms with Crippen molar-refractivity contribution in [1.29, 1.82) is 0 Å². The van der Waals surface area contributed by atoms with E-state index in [1.54, 1.807) is 10.4 Å². The lowest BCUT2D eigenvalue weighted by atomic mass is 9.94. The van der Waals surface area contributed by atoms with Crippen LogP contribution in [0.5, 0.6) is 0 Å². The van der Waals surface area contributed by atoms with Crippen LogP contribution in [0.25, 0.3) is 11.3 Å². The van der Waals surface area contributed by atoms with Gasteiger partial charge in [-0.15, -0.1) is 0 Å². The average Bonchev–Trinajstić information content (AvgIpc) is 3.20. The van der Waals surface area contributed by atoms with E-state index in [2.05, 4.69) is 10.1 Å². The Morgan fingerprint density at radius 3 is 2.41 bits per heavy atom. The minimum Gasteiger partial charge on any atom is -0.356 e. The zero-order valence-electron chi connectivity index (χ0n) is 17.4. The second-order valence-corrected chi connectivity index (χ2v) is 10.1. The molecule has 0 amide bonds. The van der Waals surface area contributed by atoms with Gasteiger partial charge in [-0.1, -0.05) is 43.5 Å². The van der Waals surface area contributed by atoms with Crippen LogP contribution >= 0.6 is 0 Å². The van der Waals surface area contributed by atoms with Gasteiger partial charge in [0.25, 0.3) is 0 Å². The number of aryl methyl sites for hydroxylation is 2. The third-order valence-corrected chi connectivity index (χ3v) is 8.32. The molecule has 2 aromatic rings. The summed E-state index contributed by atoms with van der Waals surface area (Å²) >= 11 is 0. The van der Waals surface area contributed by atoms with E-state index < -0.39 is 10.0 Å². The largest absolute Gasteiger partial charge is 0.356 e. The van der Waals surface area contributed by atoms with E-state index in [1.807, 2.05) is 32.0 Å². The van der Waals surface area contributed by atoms with Crippen LogP contribution in [0, 0.1) is 6.92 Å². The van der Waals surface area contributed by atoms with E-state index in [4.69, 9.17) is 4.52 Å². The quantitative estimate of drug-likeness (QED) is 0.739. The molecule has 1 saturated heterocycles. The van der Waals surface area contributed by atoms with Crippen LogP contribution in [-0.2, 0) is 16.4 Å². The van der Waals surface area contributed by atoms with Gasteiger partial charge in [-0.2, -0.15) is 4.31 Å². The van der Waals surface area contributed by atoms with Crippen molar-refractivity contribution < 1.29 is 12.9 Å². The van der Waals surface area contributed by atoms with Crippen LogP contribution in [0.4, 0.5) is 0 Å². The van der Waals surface area contributed by atoms with E-state index in [-0.39, 0.29) is 0 Å². The standard InChI is InChI=1S/C22H31N3O3S/c1-3-18-9-10-19(21-15-17(2)23-28-21)16-22(18)29(26,27)25-13-11-24(12-14-25)20-7-5-4-6-8-20/h9-10,15-16,20H,3-8,11-14H2,1-2H3. The third-order valence-electron chi connectivity index (χ3n) is 6.34. The highest BCUT2D eigenvalue weighted by Gasteiger charge is 2.32. The smallest absolute Gasteiger partial charge is 0.243 e. The molecule has 29 heavy (non-hydrogen) atoms. The molecule has 6 nitrogen and oxygen atoms in total. The van der Waals surface area contributed by atoms with Gasteiger partial charge in [-0.05, 0) is 37.8 Å². The monoisotopic (exact) mass is 417 g/mol. The first kappa shape index (κ1) is 20.6. The number of rotatable bonds is 5. The van der Waals surface area contributed by atoms with Crippen molar-refractivity contribution in [1.82, 2.24) is 14.4 Å². The molecule has 1 aromatic heterocycles. The van der Waals surface area contributed by atoms with Crippen molar-refractivity contribution in [2.75, 3.05) is 26.2 Å². The first-order chi connectivity index (χ1) is 14.0. The maximum absolute atomic E-state index is 13.5. The Morgan fingerprint density at radius 1 is 1.07 bits per heavy atom. The summed E-state index contributed by atoms with van der Waals surface area (Å²) in [4.78, 5) is 2.90. The average molecular weight is 418 g/mol. The number of piperazine rings is 1. The maximum atomic E-state index is 13.5. The topological polar surface area (TPSA) is 66.7 Å². The molecule has 0 bridgehead atoms. The lowest BCUT2D eigenvalue weighted by molar-refractivity contribution is 0.111. The Morgan fingerprint density at radius 2 is 1.79 bits per heavy atom.